The van der Waals surface area contributed by atoms with Crippen molar-refractivity contribution in [1.29, 1.82) is 0 Å². The summed E-state index contributed by atoms with van der Waals surface area (Å²) in [6, 6.07) is 8.79. The quantitative estimate of drug-likeness (QED) is 0.653. The third-order valence-corrected chi connectivity index (χ3v) is 5.51. The Labute approximate surface area is 170 Å². The van der Waals surface area contributed by atoms with Gasteiger partial charge < -0.3 is 19.2 Å². The van der Waals surface area contributed by atoms with Gasteiger partial charge in [0.2, 0.25) is 0 Å². The molecule has 0 amide bonds. The highest BCUT2D eigenvalue weighted by Crippen LogP contribution is 2.53. The highest BCUT2D eigenvalue weighted by molar-refractivity contribution is 5.89. The lowest BCUT2D eigenvalue weighted by atomic mass is 10.1. The number of rotatable bonds is 4. The fraction of sp³-hybridized carbons (Fsp3) is 0.333. The first kappa shape index (κ1) is 18.6. The third kappa shape index (κ3) is 2.98. The van der Waals surface area contributed by atoms with Crippen molar-refractivity contribution < 1.29 is 23.8 Å². The molecular formula is C21H19N3O6. The minimum atomic E-state index is -0.667. The van der Waals surface area contributed by atoms with E-state index in [4.69, 9.17) is 14.2 Å². The Morgan fingerprint density at radius 2 is 1.90 bits per heavy atom. The molecule has 2 aliphatic rings. The summed E-state index contributed by atoms with van der Waals surface area (Å²) in [6.45, 7) is 3.25. The molecule has 1 saturated carbocycles. The summed E-state index contributed by atoms with van der Waals surface area (Å²) in [5.74, 6) is -1.20. The van der Waals surface area contributed by atoms with Crippen LogP contribution in [-0.2, 0) is 19.0 Å². The molecule has 5 rings (SSSR count). The van der Waals surface area contributed by atoms with Gasteiger partial charge in [0, 0.05) is 13.1 Å². The summed E-state index contributed by atoms with van der Waals surface area (Å²) in [5.41, 5.74) is 2.01. The van der Waals surface area contributed by atoms with E-state index in [-0.39, 0.29) is 17.0 Å². The van der Waals surface area contributed by atoms with Gasteiger partial charge in [-0.3, -0.25) is 14.2 Å². The molecule has 30 heavy (non-hydrogen) atoms. The van der Waals surface area contributed by atoms with Gasteiger partial charge in [-0.05, 0) is 25.1 Å². The number of pyridine rings is 1. The van der Waals surface area contributed by atoms with Crippen LogP contribution < -0.4 is 5.56 Å². The number of fused-ring (bicyclic) bond motifs is 2. The standard InChI is InChI=1S/C21H19N3O6/c1-10-3-5-12(6-4-10)21(27)30-17-14-16(17)29-20(18(14)28-11(2)25)24-9-23-15-13(24)7-8-22-19(15)26/h3-9,14,16-18,20H,1-2H3,(H,22,26)/t14?,16-,17?,18+,20+/m0/s1. The molecule has 0 spiro atoms. The van der Waals surface area contributed by atoms with Crippen molar-refractivity contribution in [3.63, 3.8) is 0 Å². The van der Waals surface area contributed by atoms with E-state index in [1.165, 1.54) is 19.4 Å². The van der Waals surface area contributed by atoms with Gasteiger partial charge in [0.15, 0.2) is 17.8 Å². The third-order valence-electron chi connectivity index (χ3n) is 5.51. The summed E-state index contributed by atoms with van der Waals surface area (Å²) in [7, 11) is 0. The number of hydrogen-bond acceptors (Lipinski definition) is 7. The maximum Gasteiger partial charge on any atom is 0.338 e. The second-order valence-corrected chi connectivity index (χ2v) is 7.57. The van der Waals surface area contributed by atoms with Crippen molar-refractivity contribution in [1.82, 2.24) is 14.5 Å². The number of benzene rings is 1. The number of esters is 2. The smallest absolute Gasteiger partial charge is 0.338 e. The van der Waals surface area contributed by atoms with Crippen LogP contribution in [0.4, 0.5) is 0 Å². The fourth-order valence-corrected chi connectivity index (χ4v) is 4.01. The van der Waals surface area contributed by atoms with Crippen molar-refractivity contribution in [3.05, 3.63) is 64.3 Å². The van der Waals surface area contributed by atoms with Crippen LogP contribution in [0.25, 0.3) is 11.0 Å². The largest absolute Gasteiger partial charge is 0.457 e. The van der Waals surface area contributed by atoms with Gasteiger partial charge in [0.1, 0.15) is 12.2 Å². The molecule has 1 aliphatic carbocycles. The molecule has 1 aliphatic heterocycles. The average molecular weight is 409 g/mol. The van der Waals surface area contributed by atoms with Gasteiger partial charge >= 0.3 is 11.9 Å². The Hall–Kier alpha value is -3.46. The van der Waals surface area contributed by atoms with Crippen LogP contribution in [0.1, 0.15) is 29.1 Å². The van der Waals surface area contributed by atoms with Crippen molar-refractivity contribution in [2.45, 2.75) is 38.4 Å². The number of nitrogens with one attached hydrogen (secondary N) is 1. The number of carbonyl (C=O) groups excluding carboxylic acids is 2. The highest BCUT2D eigenvalue weighted by Gasteiger charge is 2.68. The molecule has 1 N–H and O–H groups in total. The molecule has 0 radical (unpaired) electrons. The van der Waals surface area contributed by atoms with Crippen molar-refractivity contribution in [3.8, 4) is 0 Å². The molecule has 0 bridgehead atoms. The lowest BCUT2D eigenvalue weighted by Gasteiger charge is -2.25. The summed E-state index contributed by atoms with van der Waals surface area (Å²) in [4.78, 5) is 42.8. The van der Waals surface area contributed by atoms with Crippen LogP contribution in [0.3, 0.4) is 0 Å². The van der Waals surface area contributed by atoms with E-state index in [1.54, 1.807) is 22.8 Å². The number of ether oxygens (including phenoxy) is 3. The molecule has 2 aromatic heterocycles. The fourth-order valence-electron chi connectivity index (χ4n) is 4.01. The average Bonchev–Trinajstić information content (AvgIpc) is 3.03. The first-order valence-corrected chi connectivity index (χ1v) is 9.58. The number of H-pyrrole nitrogens is 1. The van der Waals surface area contributed by atoms with E-state index >= 15 is 0 Å². The molecular weight excluding hydrogens is 390 g/mol. The maximum absolute atomic E-state index is 12.4. The normalized spacial score (nSPS) is 26.9. The van der Waals surface area contributed by atoms with E-state index < -0.39 is 36.5 Å². The van der Waals surface area contributed by atoms with E-state index in [0.717, 1.165) is 5.56 Å². The first-order valence-electron chi connectivity index (χ1n) is 9.58. The Bertz CT molecular complexity index is 1200. The van der Waals surface area contributed by atoms with E-state index in [1.807, 2.05) is 19.1 Å². The zero-order chi connectivity index (χ0) is 21.0. The predicted octanol–water partition coefficient (Wildman–Crippen LogP) is 1.72. The number of imidazole rings is 1. The molecule has 1 saturated heterocycles. The minimum absolute atomic E-state index is 0.269. The van der Waals surface area contributed by atoms with Gasteiger partial charge in [-0.25, -0.2) is 9.78 Å². The number of hydrogen-bond donors (Lipinski definition) is 1. The van der Waals surface area contributed by atoms with Crippen LogP contribution in [0, 0.1) is 12.8 Å². The highest BCUT2D eigenvalue weighted by atomic mass is 16.6. The zero-order valence-corrected chi connectivity index (χ0v) is 16.3. The predicted molar refractivity (Wildman–Crippen MR) is 104 cm³/mol. The minimum Gasteiger partial charge on any atom is -0.457 e. The zero-order valence-electron chi connectivity index (χ0n) is 16.3. The van der Waals surface area contributed by atoms with Gasteiger partial charge in [-0.15, -0.1) is 0 Å². The molecule has 9 nitrogen and oxygen atoms in total. The number of aromatic nitrogens is 3. The summed E-state index contributed by atoms with van der Waals surface area (Å²) >= 11 is 0. The van der Waals surface area contributed by atoms with Gasteiger partial charge in [-0.1, -0.05) is 17.7 Å². The summed E-state index contributed by atoms with van der Waals surface area (Å²) in [6.07, 6.45) is 0.779. The molecule has 9 heteroatoms. The maximum atomic E-state index is 12.4. The monoisotopic (exact) mass is 409 g/mol. The topological polar surface area (TPSA) is 113 Å². The van der Waals surface area contributed by atoms with Crippen LogP contribution >= 0.6 is 0 Å². The first-order chi connectivity index (χ1) is 14.4. The van der Waals surface area contributed by atoms with Crippen LogP contribution in [-0.4, -0.2) is 44.8 Å². The van der Waals surface area contributed by atoms with E-state index in [9.17, 15) is 14.4 Å². The van der Waals surface area contributed by atoms with Crippen molar-refractivity contribution in [2.75, 3.05) is 0 Å². The van der Waals surface area contributed by atoms with E-state index in [2.05, 4.69) is 9.97 Å². The molecule has 154 valence electrons. The molecule has 2 unspecified atom stereocenters. The van der Waals surface area contributed by atoms with Crippen molar-refractivity contribution in [2.24, 2.45) is 5.92 Å². The molecule has 2 fully saturated rings. The number of carbonyl (C=O) groups is 2. The summed E-state index contributed by atoms with van der Waals surface area (Å²) < 4.78 is 18.9. The molecule has 1 aromatic carbocycles. The Morgan fingerprint density at radius 1 is 1.13 bits per heavy atom. The van der Waals surface area contributed by atoms with Gasteiger partial charge in [0.05, 0.1) is 23.3 Å². The Morgan fingerprint density at radius 3 is 2.63 bits per heavy atom. The lowest BCUT2D eigenvalue weighted by Crippen LogP contribution is -2.31. The van der Waals surface area contributed by atoms with Crippen LogP contribution in [0.15, 0.2) is 47.7 Å². The second-order valence-electron chi connectivity index (χ2n) is 7.57. The molecule has 3 aromatic rings. The molecule has 3 heterocycles. The number of aromatic amines is 1. The number of aryl methyl sites for hydroxylation is 1. The Kier molecular flexibility index (Phi) is 4.21. The SMILES string of the molecule is CC(=O)O[C@@H]1C2C(OC(=O)c3ccc(C)cc3)[C@H]2O[C@H]1n1cnc2c(=O)[nH]ccc21. The lowest BCUT2D eigenvalue weighted by molar-refractivity contribution is -0.157. The van der Waals surface area contributed by atoms with Gasteiger partial charge in [0.25, 0.3) is 5.56 Å². The van der Waals surface area contributed by atoms with Crippen LogP contribution in [0.2, 0.25) is 0 Å². The number of nitrogens with zero attached hydrogens (tertiary/aromatic N) is 2. The van der Waals surface area contributed by atoms with Crippen molar-refractivity contribution >= 4 is 23.0 Å². The Balaban J connectivity index is 1.38. The summed E-state index contributed by atoms with van der Waals surface area (Å²) in [5, 5.41) is 0. The molecule has 5 atom stereocenters. The second kappa shape index (κ2) is 6.81. The van der Waals surface area contributed by atoms with Gasteiger partial charge in [-0.2, -0.15) is 0 Å². The van der Waals surface area contributed by atoms with E-state index in [0.29, 0.717) is 11.1 Å². The van der Waals surface area contributed by atoms with Crippen LogP contribution in [0.5, 0.6) is 0 Å².